The minimum absolute atomic E-state index is 0.162. The van der Waals surface area contributed by atoms with Crippen LogP contribution in [0, 0.1) is 6.92 Å². The van der Waals surface area contributed by atoms with Crippen LogP contribution in [0.15, 0.2) is 29.9 Å². The van der Waals surface area contributed by atoms with Crippen molar-refractivity contribution >= 4 is 33.4 Å². The highest BCUT2D eigenvalue weighted by molar-refractivity contribution is 7.13. The molecule has 0 saturated carbocycles. The van der Waals surface area contributed by atoms with Gasteiger partial charge >= 0.3 is 0 Å². The van der Waals surface area contributed by atoms with Crippen LogP contribution in [0.2, 0.25) is 0 Å². The molecule has 0 saturated heterocycles. The lowest BCUT2D eigenvalue weighted by Crippen LogP contribution is -2.11. The molecule has 0 radical (unpaired) electrons. The molecule has 1 aromatic carbocycles. The molecule has 108 valence electrons. The summed E-state index contributed by atoms with van der Waals surface area (Å²) in [5, 5.41) is 5.33. The molecule has 3 rings (SSSR count). The summed E-state index contributed by atoms with van der Waals surface area (Å²) in [6.45, 7) is 6.11. The van der Waals surface area contributed by atoms with Crippen molar-refractivity contribution in [1.29, 1.82) is 0 Å². The second-order valence-electron chi connectivity index (χ2n) is 5.20. The molecule has 1 amide bonds. The molecule has 21 heavy (non-hydrogen) atoms. The summed E-state index contributed by atoms with van der Waals surface area (Å²) in [6, 6.07) is 5.90. The van der Waals surface area contributed by atoms with Crippen LogP contribution in [0.4, 0.5) is 5.13 Å². The van der Waals surface area contributed by atoms with Crippen LogP contribution in [0.1, 0.15) is 35.9 Å². The van der Waals surface area contributed by atoms with Gasteiger partial charge in [-0.3, -0.25) is 10.1 Å². The molecule has 3 aromatic rings. The van der Waals surface area contributed by atoms with E-state index in [-0.39, 0.29) is 5.91 Å². The number of thiazole rings is 1. The molecule has 1 N–H and O–H groups in total. The van der Waals surface area contributed by atoms with Gasteiger partial charge in [-0.1, -0.05) is 0 Å². The van der Waals surface area contributed by atoms with E-state index in [0.29, 0.717) is 16.7 Å². The SMILES string of the molecule is Cc1csc(NC(=O)c2ccc3c(c2)ncn3C(C)C)n1. The van der Waals surface area contributed by atoms with Gasteiger partial charge in [0.2, 0.25) is 0 Å². The molecule has 2 heterocycles. The number of hydrogen-bond donors (Lipinski definition) is 1. The minimum Gasteiger partial charge on any atom is -0.328 e. The number of carbonyl (C=O) groups is 1. The maximum atomic E-state index is 12.2. The highest BCUT2D eigenvalue weighted by Crippen LogP contribution is 2.20. The van der Waals surface area contributed by atoms with Crippen molar-refractivity contribution in [2.24, 2.45) is 0 Å². The Morgan fingerprint density at radius 2 is 2.19 bits per heavy atom. The van der Waals surface area contributed by atoms with Crippen molar-refractivity contribution in [3.8, 4) is 0 Å². The first kappa shape index (κ1) is 13.8. The van der Waals surface area contributed by atoms with Gasteiger partial charge in [-0.25, -0.2) is 9.97 Å². The standard InChI is InChI=1S/C15H16N4OS/c1-9(2)19-8-16-12-6-11(4-5-13(12)19)14(20)18-15-17-10(3)7-21-15/h4-9H,1-3H3,(H,17,18,20). The number of nitrogens with zero attached hydrogens (tertiary/aromatic N) is 3. The zero-order chi connectivity index (χ0) is 15.0. The number of hydrogen-bond acceptors (Lipinski definition) is 4. The number of amides is 1. The third-order valence-electron chi connectivity index (χ3n) is 3.23. The number of aromatic nitrogens is 3. The lowest BCUT2D eigenvalue weighted by Gasteiger charge is -2.08. The second-order valence-corrected chi connectivity index (χ2v) is 6.06. The van der Waals surface area contributed by atoms with E-state index in [1.807, 2.05) is 30.5 Å². The molecule has 0 bridgehead atoms. The topological polar surface area (TPSA) is 59.8 Å². The van der Waals surface area contributed by atoms with E-state index >= 15 is 0 Å². The highest BCUT2D eigenvalue weighted by Gasteiger charge is 2.11. The fourth-order valence-corrected chi connectivity index (χ4v) is 2.85. The number of anilines is 1. The van der Waals surface area contributed by atoms with Crippen LogP contribution >= 0.6 is 11.3 Å². The van der Waals surface area contributed by atoms with Crippen molar-refractivity contribution in [2.45, 2.75) is 26.8 Å². The molecule has 5 nitrogen and oxygen atoms in total. The Bertz CT molecular complexity index is 803. The quantitative estimate of drug-likeness (QED) is 0.803. The summed E-state index contributed by atoms with van der Waals surface area (Å²) >= 11 is 1.42. The molecule has 0 fully saturated rings. The van der Waals surface area contributed by atoms with Crippen LogP contribution in [-0.4, -0.2) is 20.4 Å². The number of fused-ring (bicyclic) bond motifs is 1. The van der Waals surface area contributed by atoms with Crippen molar-refractivity contribution < 1.29 is 4.79 Å². The van der Waals surface area contributed by atoms with Gasteiger partial charge in [0.05, 0.1) is 23.1 Å². The van der Waals surface area contributed by atoms with E-state index in [0.717, 1.165) is 16.7 Å². The number of rotatable bonds is 3. The molecule has 2 aromatic heterocycles. The third kappa shape index (κ3) is 2.67. The number of nitrogens with one attached hydrogen (secondary N) is 1. The molecule has 0 unspecified atom stereocenters. The Kier molecular flexibility index (Phi) is 3.47. The van der Waals surface area contributed by atoms with E-state index in [4.69, 9.17) is 0 Å². The number of aryl methyl sites for hydroxylation is 1. The largest absolute Gasteiger partial charge is 0.328 e. The Morgan fingerprint density at radius 1 is 1.38 bits per heavy atom. The van der Waals surface area contributed by atoms with Crippen LogP contribution in [0.25, 0.3) is 11.0 Å². The van der Waals surface area contributed by atoms with E-state index in [2.05, 4.69) is 33.7 Å². The van der Waals surface area contributed by atoms with Gasteiger partial charge in [-0.05, 0) is 39.0 Å². The molecule has 0 atom stereocenters. The summed E-state index contributed by atoms with van der Waals surface area (Å²) in [4.78, 5) is 20.8. The second kappa shape index (κ2) is 5.29. The Hall–Kier alpha value is -2.21. The zero-order valence-electron chi connectivity index (χ0n) is 12.1. The maximum absolute atomic E-state index is 12.2. The molecule has 0 spiro atoms. The first-order chi connectivity index (χ1) is 10.0. The van der Waals surface area contributed by atoms with Gasteiger partial charge in [0, 0.05) is 17.0 Å². The van der Waals surface area contributed by atoms with Crippen LogP contribution < -0.4 is 5.32 Å². The van der Waals surface area contributed by atoms with Gasteiger partial charge in [0.1, 0.15) is 0 Å². The fourth-order valence-electron chi connectivity index (χ4n) is 2.17. The minimum atomic E-state index is -0.162. The Morgan fingerprint density at radius 3 is 2.86 bits per heavy atom. The zero-order valence-corrected chi connectivity index (χ0v) is 12.9. The third-order valence-corrected chi connectivity index (χ3v) is 4.11. The van der Waals surface area contributed by atoms with Crippen molar-refractivity contribution in [2.75, 3.05) is 5.32 Å². The summed E-state index contributed by atoms with van der Waals surface area (Å²) in [7, 11) is 0. The number of imidazole rings is 1. The fraction of sp³-hybridized carbons (Fsp3) is 0.267. The van der Waals surface area contributed by atoms with Crippen molar-refractivity contribution in [1.82, 2.24) is 14.5 Å². The number of carbonyl (C=O) groups excluding carboxylic acids is 1. The lowest BCUT2D eigenvalue weighted by atomic mass is 10.2. The molecule has 0 aliphatic rings. The van der Waals surface area contributed by atoms with Gasteiger partial charge in [0.15, 0.2) is 5.13 Å². The summed E-state index contributed by atoms with van der Waals surface area (Å²) in [6.07, 6.45) is 1.81. The van der Waals surface area contributed by atoms with Crippen LogP contribution in [0.5, 0.6) is 0 Å². The average molecular weight is 300 g/mol. The Balaban J connectivity index is 1.88. The first-order valence-corrected chi connectivity index (χ1v) is 7.62. The molecule has 0 aliphatic carbocycles. The van der Waals surface area contributed by atoms with Crippen LogP contribution in [-0.2, 0) is 0 Å². The van der Waals surface area contributed by atoms with E-state index in [1.54, 1.807) is 6.33 Å². The molecular weight excluding hydrogens is 284 g/mol. The normalized spacial score (nSPS) is 11.2. The predicted molar refractivity (Wildman–Crippen MR) is 84.9 cm³/mol. The van der Waals surface area contributed by atoms with Gasteiger partial charge < -0.3 is 4.57 Å². The molecular formula is C15H16N4OS. The van der Waals surface area contributed by atoms with Gasteiger partial charge in [-0.2, -0.15) is 0 Å². The monoisotopic (exact) mass is 300 g/mol. The molecule has 6 heteroatoms. The summed E-state index contributed by atoms with van der Waals surface area (Å²) in [5.41, 5.74) is 3.35. The maximum Gasteiger partial charge on any atom is 0.257 e. The van der Waals surface area contributed by atoms with E-state index < -0.39 is 0 Å². The predicted octanol–water partition coefficient (Wildman–Crippen LogP) is 3.63. The van der Waals surface area contributed by atoms with Gasteiger partial charge in [0.25, 0.3) is 5.91 Å². The average Bonchev–Trinajstić information content (AvgIpc) is 3.04. The van der Waals surface area contributed by atoms with E-state index in [1.165, 1.54) is 11.3 Å². The Labute approximate surface area is 126 Å². The van der Waals surface area contributed by atoms with E-state index in [9.17, 15) is 4.79 Å². The van der Waals surface area contributed by atoms with Crippen LogP contribution in [0.3, 0.4) is 0 Å². The van der Waals surface area contributed by atoms with Gasteiger partial charge in [-0.15, -0.1) is 11.3 Å². The highest BCUT2D eigenvalue weighted by atomic mass is 32.1. The number of benzene rings is 1. The molecule has 0 aliphatic heterocycles. The lowest BCUT2D eigenvalue weighted by molar-refractivity contribution is 0.102. The smallest absolute Gasteiger partial charge is 0.257 e. The van der Waals surface area contributed by atoms with Crippen molar-refractivity contribution in [3.05, 3.63) is 41.2 Å². The summed E-state index contributed by atoms with van der Waals surface area (Å²) in [5.74, 6) is -0.162. The summed E-state index contributed by atoms with van der Waals surface area (Å²) < 4.78 is 2.08. The first-order valence-electron chi connectivity index (χ1n) is 6.74. The van der Waals surface area contributed by atoms with Crippen molar-refractivity contribution in [3.63, 3.8) is 0 Å².